The Bertz CT molecular complexity index is 750. The van der Waals surface area contributed by atoms with Crippen LogP contribution < -0.4 is 5.32 Å². The standard InChI is InChI=1S/C14H11F2N3/c1-17-9-3-5-12-13(7-9)19-14(18-12)8-2-4-10(15)11(16)6-8/h2-7,17H,1H3,(H,18,19). The lowest BCUT2D eigenvalue weighted by Gasteiger charge is -1.97. The fraction of sp³-hybridized carbons (Fsp3) is 0.0714. The molecule has 0 bridgehead atoms. The maximum atomic E-state index is 13.2. The molecule has 2 aromatic carbocycles. The SMILES string of the molecule is CNc1ccc2nc(-c3ccc(F)c(F)c3)[nH]c2c1. The lowest BCUT2D eigenvalue weighted by Crippen LogP contribution is -1.86. The molecule has 0 amide bonds. The molecule has 3 rings (SSSR count). The monoisotopic (exact) mass is 259 g/mol. The predicted molar refractivity (Wildman–Crippen MR) is 71.0 cm³/mol. The molecule has 0 saturated carbocycles. The van der Waals surface area contributed by atoms with Crippen LogP contribution in [0.3, 0.4) is 0 Å². The van der Waals surface area contributed by atoms with E-state index >= 15 is 0 Å². The lowest BCUT2D eigenvalue weighted by atomic mass is 10.2. The Hall–Kier alpha value is -2.43. The van der Waals surface area contributed by atoms with Gasteiger partial charge in [0.2, 0.25) is 0 Å². The van der Waals surface area contributed by atoms with Crippen LogP contribution in [0.4, 0.5) is 14.5 Å². The van der Waals surface area contributed by atoms with E-state index in [4.69, 9.17) is 0 Å². The van der Waals surface area contributed by atoms with Crippen LogP contribution in [-0.2, 0) is 0 Å². The summed E-state index contributed by atoms with van der Waals surface area (Å²) in [6.07, 6.45) is 0. The van der Waals surface area contributed by atoms with Gasteiger partial charge in [-0.1, -0.05) is 0 Å². The Morgan fingerprint density at radius 1 is 1.05 bits per heavy atom. The van der Waals surface area contributed by atoms with E-state index in [2.05, 4.69) is 15.3 Å². The number of hydrogen-bond donors (Lipinski definition) is 2. The zero-order valence-corrected chi connectivity index (χ0v) is 10.2. The van der Waals surface area contributed by atoms with Gasteiger partial charge in [0, 0.05) is 18.3 Å². The Balaban J connectivity index is 2.11. The van der Waals surface area contributed by atoms with Crippen molar-refractivity contribution in [3.05, 3.63) is 48.0 Å². The van der Waals surface area contributed by atoms with Crippen molar-refractivity contribution < 1.29 is 8.78 Å². The van der Waals surface area contributed by atoms with Crippen LogP contribution in [0.15, 0.2) is 36.4 Å². The van der Waals surface area contributed by atoms with E-state index in [1.54, 1.807) is 0 Å². The number of hydrogen-bond acceptors (Lipinski definition) is 2. The van der Waals surface area contributed by atoms with E-state index in [0.717, 1.165) is 28.9 Å². The van der Waals surface area contributed by atoms with Gasteiger partial charge in [-0.15, -0.1) is 0 Å². The molecule has 96 valence electrons. The molecule has 0 aliphatic heterocycles. The Kier molecular flexibility index (Phi) is 2.67. The average Bonchev–Trinajstić information content (AvgIpc) is 2.84. The third kappa shape index (κ3) is 2.03. The van der Waals surface area contributed by atoms with Crippen molar-refractivity contribution in [1.82, 2.24) is 9.97 Å². The smallest absolute Gasteiger partial charge is 0.159 e. The topological polar surface area (TPSA) is 40.7 Å². The predicted octanol–water partition coefficient (Wildman–Crippen LogP) is 3.55. The van der Waals surface area contributed by atoms with E-state index in [1.165, 1.54) is 6.07 Å². The first kappa shape index (κ1) is 11.6. The van der Waals surface area contributed by atoms with Crippen molar-refractivity contribution in [2.75, 3.05) is 12.4 Å². The Labute approximate surface area is 108 Å². The van der Waals surface area contributed by atoms with Crippen molar-refractivity contribution in [1.29, 1.82) is 0 Å². The summed E-state index contributed by atoms with van der Waals surface area (Å²) in [5.41, 5.74) is 3.08. The molecule has 0 radical (unpaired) electrons. The zero-order chi connectivity index (χ0) is 13.4. The minimum atomic E-state index is -0.881. The number of aromatic amines is 1. The summed E-state index contributed by atoms with van der Waals surface area (Å²) in [4.78, 5) is 7.45. The molecular weight excluding hydrogens is 248 g/mol. The maximum absolute atomic E-state index is 13.2. The molecule has 1 aromatic heterocycles. The maximum Gasteiger partial charge on any atom is 0.159 e. The molecule has 0 atom stereocenters. The number of benzene rings is 2. The van der Waals surface area contributed by atoms with Crippen LogP contribution in [0.25, 0.3) is 22.4 Å². The first-order valence-electron chi connectivity index (χ1n) is 5.80. The molecule has 3 nitrogen and oxygen atoms in total. The number of nitrogens with zero attached hydrogens (tertiary/aromatic N) is 1. The van der Waals surface area contributed by atoms with Crippen LogP contribution in [0.5, 0.6) is 0 Å². The van der Waals surface area contributed by atoms with Crippen LogP contribution in [0.2, 0.25) is 0 Å². The molecular formula is C14H11F2N3. The number of nitrogens with one attached hydrogen (secondary N) is 2. The van der Waals surface area contributed by atoms with Gasteiger partial charge < -0.3 is 10.3 Å². The second kappa shape index (κ2) is 4.35. The van der Waals surface area contributed by atoms with Gasteiger partial charge in [-0.25, -0.2) is 13.8 Å². The van der Waals surface area contributed by atoms with Gasteiger partial charge in [-0.05, 0) is 36.4 Å². The van der Waals surface area contributed by atoms with E-state index in [0.29, 0.717) is 11.4 Å². The molecule has 0 fully saturated rings. The van der Waals surface area contributed by atoms with Crippen LogP contribution in [0, 0.1) is 11.6 Å². The van der Waals surface area contributed by atoms with E-state index < -0.39 is 11.6 Å². The van der Waals surface area contributed by atoms with E-state index in [-0.39, 0.29) is 0 Å². The van der Waals surface area contributed by atoms with Crippen molar-refractivity contribution in [3.63, 3.8) is 0 Å². The van der Waals surface area contributed by atoms with Crippen molar-refractivity contribution in [2.24, 2.45) is 0 Å². The Morgan fingerprint density at radius 2 is 1.89 bits per heavy atom. The molecule has 0 unspecified atom stereocenters. The van der Waals surface area contributed by atoms with Gasteiger partial charge in [0.05, 0.1) is 11.0 Å². The highest BCUT2D eigenvalue weighted by Gasteiger charge is 2.09. The minimum absolute atomic E-state index is 0.515. The summed E-state index contributed by atoms with van der Waals surface area (Å²) in [5, 5.41) is 3.03. The zero-order valence-electron chi connectivity index (χ0n) is 10.2. The van der Waals surface area contributed by atoms with Gasteiger partial charge in [0.15, 0.2) is 11.6 Å². The molecule has 0 aliphatic carbocycles. The average molecular weight is 259 g/mol. The number of fused-ring (bicyclic) bond motifs is 1. The fourth-order valence-electron chi connectivity index (χ4n) is 1.95. The van der Waals surface area contributed by atoms with Crippen molar-refractivity contribution in [2.45, 2.75) is 0 Å². The number of halogens is 2. The summed E-state index contributed by atoms with van der Waals surface area (Å²) in [6.45, 7) is 0. The molecule has 19 heavy (non-hydrogen) atoms. The number of aromatic nitrogens is 2. The largest absolute Gasteiger partial charge is 0.388 e. The number of H-pyrrole nitrogens is 1. The Morgan fingerprint density at radius 3 is 2.63 bits per heavy atom. The van der Waals surface area contributed by atoms with Gasteiger partial charge in [0.1, 0.15) is 5.82 Å². The van der Waals surface area contributed by atoms with E-state index in [9.17, 15) is 8.78 Å². The van der Waals surface area contributed by atoms with Crippen molar-refractivity contribution >= 4 is 16.7 Å². The molecule has 0 aliphatic rings. The summed E-state index contributed by atoms with van der Waals surface area (Å²) in [6, 6.07) is 9.39. The first-order valence-corrected chi connectivity index (χ1v) is 5.80. The normalized spacial score (nSPS) is 10.9. The third-order valence-corrected chi connectivity index (χ3v) is 2.96. The number of anilines is 1. The minimum Gasteiger partial charge on any atom is -0.388 e. The molecule has 3 aromatic rings. The third-order valence-electron chi connectivity index (χ3n) is 2.96. The summed E-state index contributed by atoms with van der Waals surface area (Å²) in [7, 11) is 1.83. The first-order chi connectivity index (χ1) is 9.17. The van der Waals surface area contributed by atoms with Gasteiger partial charge in [0.25, 0.3) is 0 Å². The fourth-order valence-corrected chi connectivity index (χ4v) is 1.95. The second-order valence-electron chi connectivity index (χ2n) is 4.20. The molecule has 0 spiro atoms. The molecule has 5 heteroatoms. The van der Waals surface area contributed by atoms with Crippen LogP contribution in [0.1, 0.15) is 0 Å². The summed E-state index contributed by atoms with van der Waals surface area (Å²) >= 11 is 0. The van der Waals surface area contributed by atoms with Crippen LogP contribution >= 0.6 is 0 Å². The van der Waals surface area contributed by atoms with Crippen LogP contribution in [-0.4, -0.2) is 17.0 Å². The highest BCUT2D eigenvalue weighted by atomic mass is 19.2. The van der Waals surface area contributed by atoms with Gasteiger partial charge in [-0.3, -0.25) is 0 Å². The quantitative estimate of drug-likeness (QED) is 0.739. The summed E-state index contributed by atoms with van der Waals surface area (Å²) in [5.74, 6) is -1.23. The molecule has 2 N–H and O–H groups in total. The highest BCUT2D eigenvalue weighted by molar-refractivity contribution is 5.82. The number of rotatable bonds is 2. The van der Waals surface area contributed by atoms with Gasteiger partial charge in [-0.2, -0.15) is 0 Å². The van der Waals surface area contributed by atoms with Gasteiger partial charge >= 0.3 is 0 Å². The highest BCUT2D eigenvalue weighted by Crippen LogP contribution is 2.23. The second-order valence-corrected chi connectivity index (χ2v) is 4.20. The molecule has 0 saturated heterocycles. The van der Waals surface area contributed by atoms with E-state index in [1.807, 2.05) is 25.2 Å². The van der Waals surface area contributed by atoms with Crippen molar-refractivity contribution in [3.8, 4) is 11.4 Å². The summed E-state index contributed by atoms with van der Waals surface area (Å²) < 4.78 is 26.1. The number of imidazole rings is 1. The lowest BCUT2D eigenvalue weighted by molar-refractivity contribution is 0.509. The molecule has 1 heterocycles.